The summed E-state index contributed by atoms with van der Waals surface area (Å²) < 4.78 is 5.65. The van der Waals surface area contributed by atoms with Crippen molar-refractivity contribution in [3.8, 4) is 11.3 Å². The number of furan rings is 1. The summed E-state index contributed by atoms with van der Waals surface area (Å²) >= 11 is 6.14. The molecule has 0 atom stereocenters. The third kappa shape index (κ3) is 3.88. The molecule has 1 aliphatic rings. The maximum absolute atomic E-state index is 13.0. The quantitative estimate of drug-likeness (QED) is 0.270. The zero-order valence-corrected chi connectivity index (χ0v) is 17.3. The second kappa shape index (κ2) is 8.12. The second-order valence-electron chi connectivity index (χ2n) is 6.92. The number of halogens is 1. The Kier molecular flexibility index (Phi) is 5.33. The van der Waals surface area contributed by atoms with Gasteiger partial charge in [0.05, 0.1) is 15.6 Å². The van der Waals surface area contributed by atoms with Gasteiger partial charge in [-0.3, -0.25) is 25.0 Å². The molecule has 1 saturated heterocycles. The first-order chi connectivity index (χ1) is 15.2. The van der Waals surface area contributed by atoms with Crippen LogP contribution in [0.25, 0.3) is 17.4 Å². The van der Waals surface area contributed by atoms with E-state index in [2.05, 4.69) is 5.32 Å². The summed E-state index contributed by atoms with van der Waals surface area (Å²) in [6.07, 6.45) is 1.20. The van der Waals surface area contributed by atoms with E-state index >= 15 is 0 Å². The summed E-state index contributed by atoms with van der Waals surface area (Å²) in [6, 6.07) is 12.7. The Balaban J connectivity index is 1.70. The van der Waals surface area contributed by atoms with Crippen LogP contribution in [0.4, 0.5) is 16.2 Å². The maximum Gasteiger partial charge on any atom is 0.335 e. The topological polar surface area (TPSA) is 123 Å². The van der Waals surface area contributed by atoms with Crippen LogP contribution in [0, 0.1) is 17.0 Å². The van der Waals surface area contributed by atoms with Gasteiger partial charge in [-0.2, -0.15) is 0 Å². The van der Waals surface area contributed by atoms with E-state index in [0.29, 0.717) is 5.69 Å². The molecular weight excluding hydrogens is 438 g/mol. The van der Waals surface area contributed by atoms with Crippen LogP contribution in [-0.4, -0.2) is 22.8 Å². The number of anilines is 1. The molecule has 4 amide bonds. The van der Waals surface area contributed by atoms with Crippen LogP contribution in [-0.2, 0) is 9.59 Å². The van der Waals surface area contributed by atoms with Crippen molar-refractivity contribution in [3.63, 3.8) is 0 Å². The average molecular weight is 452 g/mol. The van der Waals surface area contributed by atoms with Gasteiger partial charge in [-0.05, 0) is 48.9 Å². The molecule has 1 aromatic heterocycles. The highest BCUT2D eigenvalue weighted by molar-refractivity contribution is 6.39. The molecule has 32 heavy (non-hydrogen) atoms. The number of barbiturate groups is 1. The predicted octanol–water partition coefficient (Wildman–Crippen LogP) is 4.48. The van der Waals surface area contributed by atoms with Crippen LogP contribution in [0.3, 0.4) is 0 Å². The molecular formula is C22H14ClN3O6. The van der Waals surface area contributed by atoms with E-state index in [9.17, 15) is 24.5 Å². The molecule has 10 heteroatoms. The van der Waals surface area contributed by atoms with Gasteiger partial charge in [-0.1, -0.05) is 23.7 Å². The number of amides is 4. The van der Waals surface area contributed by atoms with Gasteiger partial charge in [0.2, 0.25) is 0 Å². The molecule has 2 heterocycles. The Morgan fingerprint density at radius 1 is 1.09 bits per heavy atom. The first-order valence-corrected chi connectivity index (χ1v) is 9.64. The summed E-state index contributed by atoms with van der Waals surface area (Å²) in [4.78, 5) is 48.9. The largest absolute Gasteiger partial charge is 0.457 e. The van der Waals surface area contributed by atoms with Crippen molar-refractivity contribution >= 4 is 46.9 Å². The number of nitro benzene ring substituents is 1. The molecule has 1 aliphatic heterocycles. The fourth-order valence-corrected chi connectivity index (χ4v) is 3.40. The van der Waals surface area contributed by atoms with Crippen LogP contribution in [0.5, 0.6) is 0 Å². The molecule has 9 nitrogen and oxygen atoms in total. The Morgan fingerprint density at radius 2 is 1.88 bits per heavy atom. The standard InChI is InChI=1S/C22H14ClN3O6/c1-12-3-2-4-13(9-12)25-21(28)17(20(27)24-22(25)29)11-15-6-8-19(32-15)16-10-14(26(30)31)5-7-18(16)23/h2-11H,1H3,(H,24,27,29). The first kappa shape index (κ1) is 21.0. The Labute approximate surface area is 186 Å². The highest BCUT2D eigenvalue weighted by Gasteiger charge is 2.37. The van der Waals surface area contributed by atoms with Gasteiger partial charge in [0.25, 0.3) is 17.5 Å². The average Bonchev–Trinajstić information content (AvgIpc) is 3.19. The summed E-state index contributed by atoms with van der Waals surface area (Å²) in [5.41, 5.74) is 0.943. The molecule has 1 fully saturated rings. The van der Waals surface area contributed by atoms with Gasteiger partial charge in [0, 0.05) is 17.7 Å². The van der Waals surface area contributed by atoms with Crippen molar-refractivity contribution < 1.29 is 23.7 Å². The molecule has 0 saturated carbocycles. The van der Waals surface area contributed by atoms with Crippen LogP contribution in [0.1, 0.15) is 11.3 Å². The summed E-state index contributed by atoms with van der Waals surface area (Å²) in [5, 5.41) is 13.4. The molecule has 0 radical (unpaired) electrons. The number of carbonyl (C=O) groups excluding carboxylic acids is 3. The fraction of sp³-hybridized carbons (Fsp3) is 0.0455. The number of urea groups is 1. The number of hydrogen-bond donors (Lipinski definition) is 1. The van der Waals surface area contributed by atoms with Crippen molar-refractivity contribution in [2.24, 2.45) is 0 Å². The van der Waals surface area contributed by atoms with E-state index in [1.54, 1.807) is 31.2 Å². The molecule has 160 valence electrons. The van der Waals surface area contributed by atoms with E-state index in [-0.39, 0.29) is 33.4 Å². The van der Waals surface area contributed by atoms with Crippen LogP contribution in [0.2, 0.25) is 5.02 Å². The van der Waals surface area contributed by atoms with Gasteiger partial charge in [0.15, 0.2) is 0 Å². The number of rotatable bonds is 4. The van der Waals surface area contributed by atoms with Gasteiger partial charge in [-0.25, -0.2) is 9.69 Å². The Morgan fingerprint density at radius 3 is 2.59 bits per heavy atom. The van der Waals surface area contributed by atoms with Crippen LogP contribution >= 0.6 is 11.6 Å². The minimum atomic E-state index is -0.866. The van der Waals surface area contributed by atoms with Gasteiger partial charge >= 0.3 is 6.03 Å². The van der Waals surface area contributed by atoms with E-state index in [0.717, 1.165) is 10.5 Å². The second-order valence-corrected chi connectivity index (χ2v) is 7.33. The summed E-state index contributed by atoms with van der Waals surface area (Å²) in [5.74, 6) is -1.34. The van der Waals surface area contributed by atoms with Crippen molar-refractivity contribution in [3.05, 3.63) is 86.6 Å². The molecule has 1 N–H and O–H groups in total. The number of nitro groups is 1. The normalized spacial score (nSPS) is 15.2. The third-order valence-corrected chi connectivity index (χ3v) is 5.03. The van der Waals surface area contributed by atoms with Gasteiger partial charge in [-0.15, -0.1) is 0 Å². The minimum Gasteiger partial charge on any atom is -0.457 e. The molecule has 0 spiro atoms. The van der Waals surface area contributed by atoms with Crippen molar-refractivity contribution in [1.29, 1.82) is 0 Å². The maximum atomic E-state index is 13.0. The van der Waals surface area contributed by atoms with Crippen molar-refractivity contribution in [2.75, 3.05) is 4.90 Å². The van der Waals surface area contributed by atoms with Gasteiger partial charge in [0.1, 0.15) is 17.1 Å². The molecule has 2 aromatic carbocycles. The lowest BCUT2D eigenvalue weighted by molar-refractivity contribution is -0.384. The molecule has 0 unspecified atom stereocenters. The number of non-ortho nitro benzene ring substituents is 1. The van der Waals surface area contributed by atoms with E-state index < -0.39 is 22.8 Å². The first-order valence-electron chi connectivity index (χ1n) is 9.27. The third-order valence-electron chi connectivity index (χ3n) is 4.70. The number of carbonyl (C=O) groups is 3. The number of nitrogens with zero attached hydrogens (tertiary/aromatic N) is 2. The smallest absolute Gasteiger partial charge is 0.335 e. The summed E-state index contributed by atoms with van der Waals surface area (Å²) in [7, 11) is 0. The minimum absolute atomic E-state index is 0.125. The number of hydrogen-bond acceptors (Lipinski definition) is 6. The molecule has 4 rings (SSSR count). The monoisotopic (exact) mass is 451 g/mol. The number of aryl methyl sites for hydroxylation is 1. The molecule has 3 aromatic rings. The van der Waals surface area contributed by atoms with E-state index in [4.69, 9.17) is 16.0 Å². The predicted molar refractivity (Wildman–Crippen MR) is 116 cm³/mol. The highest BCUT2D eigenvalue weighted by Crippen LogP contribution is 2.33. The van der Waals surface area contributed by atoms with Crippen LogP contribution in [0.15, 0.2) is 64.6 Å². The lowest BCUT2D eigenvalue weighted by Gasteiger charge is -2.26. The van der Waals surface area contributed by atoms with E-state index in [1.165, 1.54) is 36.4 Å². The lowest BCUT2D eigenvalue weighted by Crippen LogP contribution is -2.54. The number of benzene rings is 2. The Hall–Kier alpha value is -4.24. The lowest BCUT2D eigenvalue weighted by atomic mass is 10.1. The van der Waals surface area contributed by atoms with E-state index in [1.807, 2.05) is 0 Å². The zero-order valence-electron chi connectivity index (χ0n) is 16.5. The highest BCUT2D eigenvalue weighted by atomic mass is 35.5. The zero-order chi connectivity index (χ0) is 23.0. The fourth-order valence-electron chi connectivity index (χ4n) is 3.19. The summed E-state index contributed by atoms with van der Waals surface area (Å²) in [6.45, 7) is 1.81. The number of imide groups is 2. The van der Waals surface area contributed by atoms with Crippen LogP contribution < -0.4 is 10.2 Å². The molecule has 0 bridgehead atoms. The SMILES string of the molecule is Cc1cccc(N2C(=O)NC(=O)C(=Cc3ccc(-c4cc([N+](=O)[O-])ccc4Cl)o3)C2=O)c1. The van der Waals surface area contributed by atoms with Gasteiger partial charge < -0.3 is 4.42 Å². The van der Waals surface area contributed by atoms with Crippen molar-refractivity contribution in [2.45, 2.75) is 6.92 Å². The van der Waals surface area contributed by atoms with Crippen molar-refractivity contribution in [1.82, 2.24) is 5.32 Å². The number of nitrogens with one attached hydrogen (secondary N) is 1. The Bertz CT molecular complexity index is 1330. The molecule has 0 aliphatic carbocycles.